The molecule has 28 heavy (non-hydrogen) atoms. The van der Waals surface area contributed by atoms with Crippen molar-refractivity contribution in [1.29, 1.82) is 5.26 Å². The highest BCUT2D eigenvalue weighted by Gasteiger charge is 2.50. The van der Waals surface area contributed by atoms with Crippen molar-refractivity contribution in [3.8, 4) is 11.9 Å². The Hall–Kier alpha value is -2.52. The Morgan fingerprint density at radius 2 is 2.11 bits per heavy atom. The lowest BCUT2D eigenvalue weighted by molar-refractivity contribution is -0.0807. The van der Waals surface area contributed by atoms with E-state index in [2.05, 4.69) is 10.3 Å². The summed E-state index contributed by atoms with van der Waals surface area (Å²) in [4.78, 5) is 4.67. The van der Waals surface area contributed by atoms with Gasteiger partial charge in [0.25, 0.3) is 9.84 Å². The number of nitriles is 1. The van der Waals surface area contributed by atoms with Crippen LogP contribution in [0, 0.1) is 11.5 Å². The summed E-state index contributed by atoms with van der Waals surface area (Å²) in [5.41, 5.74) is -6.53. The van der Waals surface area contributed by atoms with Crippen molar-refractivity contribution in [3.63, 3.8) is 0 Å². The number of hydrogen-bond acceptors (Lipinski definition) is 8. The predicted octanol–water partition coefficient (Wildman–Crippen LogP) is 1.30. The number of nitrogens with one attached hydrogen (secondary N) is 1. The van der Waals surface area contributed by atoms with Crippen LogP contribution in [0.4, 0.5) is 13.2 Å². The van der Waals surface area contributed by atoms with Gasteiger partial charge in [-0.05, 0) is 32.0 Å². The summed E-state index contributed by atoms with van der Waals surface area (Å²) in [6.45, 7) is 3.76. The number of ether oxygens (including phenoxy) is 1. The Bertz CT molecular complexity index is 969. The number of alkyl halides is 3. The zero-order chi connectivity index (χ0) is 20.9. The number of benzene rings is 1. The molecule has 2 aliphatic heterocycles. The van der Waals surface area contributed by atoms with Crippen LogP contribution in [0.5, 0.6) is 5.75 Å². The predicted molar refractivity (Wildman–Crippen MR) is 90.9 cm³/mol. The number of sulfone groups is 1. The van der Waals surface area contributed by atoms with Gasteiger partial charge in [0, 0.05) is 12.1 Å². The first-order valence-corrected chi connectivity index (χ1v) is 9.67. The number of aliphatic hydroxyl groups excluding tert-OH is 1. The average Bonchev–Trinajstić information content (AvgIpc) is 3.02. The fraction of sp³-hybridized carbons (Fsp3) is 0.500. The summed E-state index contributed by atoms with van der Waals surface area (Å²) in [5, 5.41) is 22.1. The van der Waals surface area contributed by atoms with Gasteiger partial charge in [0.05, 0.1) is 17.5 Å². The normalized spacial score (nSPS) is 24.0. The highest BCUT2D eigenvalue weighted by atomic mass is 32.2. The number of guanidine groups is 1. The fourth-order valence-electron chi connectivity index (χ4n) is 3.28. The second kappa shape index (κ2) is 6.52. The smallest absolute Gasteiger partial charge is 0.485 e. The summed E-state index contributed by atoms with van der Waals surface area (Å²) < 4.78 is 68.2. The average molecular weight is 418 g/mol. The van der Waals surface area contributed by atoms with Crippen LogP contribution in [-0.2, 0) is 9.84 Å². The van der Waals surface area contributed by atoms with Crippen molar-refractivity contribution in [2.24, 2.45) is 4.99 Å². The van der Waals surface area contributed by atoms with E-state index >= 15 is 0 Å². The Kier molecular flexibility index (Phi) is 4.71. The maximum atomic E-state index is 13.0. The molecule has 0 bridgehead atoms. The van der Waals surface area contributed by atoms with Crippen LogP contribution in [0.15, 0.2) is 28.1 Å². The van der Waals surface area contributed by atoms with E-state index in [9.17, 15) is 26.7 Å². The molecule has 0 saturated carbocycles. The molecule has 2 heterocycles. The number of aliphatic hydroxyl groups is 1. The minimum atomic E-state index is -5.58. The summed E-state index contributed by atoms with van der Waals surface area (Å²) in [6, 6.07) is 1.84. The van der Waals surface area contributed by atoms with Gasteiger partial charge >= 0.3 is 5.51 Å². The zero-order valence-corrected chi connectivity index (χ0v) is 15.7. The van der Waals surface area contributed by atoms with Gasteiger partial charge in [-0.2, -0.15) is 18.4 Å². The van der Waals surface area contributed by atoms with E-state index in [0.29, 0.717) is 6.54 Å². The molecule has 0 fully saturated rings. The van der Waals surface area contributed by atoms with Crippen LogP contribution >= 0.6 is 0 Å². The minimum Gasteiger partial charge on any atom is -0.485 e. The van der Waals surface area contributed by atoms with Gasteiger partial charge in [0.15, 0.2) is 6.19 Å². The first-order valence-electron chi connectivity index (χ1n) is 8.19. The summed E-state index contributed by atoms with van der Waals surface area (Å²) in [5.74, 6) is 0.281. The molecular weight excluding hydrogens is 401 g/mol. The zero-order valence-electron chi connectivity index (χ0n) is 14.9. The minimum absolute atomic E-state index is 0.0616. The molecule has 0 radical (unpaired) electrons. The van der Waals surface area contributed by atoms with E-state index in [1.807, 2.05) is 0 Å². The third kappa shape index (κ3) is 3.14. The Labute approximate surface area is 159 Å². The monoisotopic (exact) mass is 418 g/mol. The maximum absolute atomic E-state index is 13.0. The van der Waals surface area contributed by atoms with Gasteiger partial charge in [0.2, 0.25) is 5.96 Å². The number of hydrogen-bond donors (Lipinski definition) is 2. The second-order valence-corrected chi connectivity index (χ2v) is 8.82. The molecule has 1 aromatic rings. The number of rotatable bonds is 2. The highest BCUT2D eigenvalue weighted by Crippen LogP contribution is 2.45. The van der Waals surface area contributed by atoms with Crippen LogP contribution < -0.4 is 10.1 Å². The number of fused-ring (bicyclic) bond motifs is 1. The number of nitrogens with zero attached hydrogens (tertiary/aromatic N) is 3. The third-order valence-electron chi connectivity index (χ3n) is 4.68. The van der Waals surface area contributed by atoms with Crippen molar-refractivity contribution < 1.29 is 31.4 Å². The fourth-order valence-corrected chi connectivity index (χ4v) is 4.07. The molecular formula is C16H17F3N4O4S. The van der Waals surface area contributed by atoms with E-state index in [1.54, 1.807) is 20.0 Å². The molecule has 0 saturated heterocycles. The molecule has 2 atom stereocenters. The molecule has 2 unspecified atom stereocenters. The van der Waals surface area contributed by atoms with Crippen molar-refractivity contribution in [2.45, 2.75) is 42.0 Å². The molecule has 2 aliphatic rings. The first-order chi connectivity index (χ1) is 12.9. The number of halogens is 3. The van der Waals surface area contributed by atoms with E-state index in [4.69, 9.17) is 10.00 Å². The van der Waals surface area contributed by atoms with Crippen molar-refractivity contribution >= 4 is 15.8 Å². The summed E-state index contributed by atoms with van der Waals surface area (Å²) in [6.07, 6.45) is 0.471. The Morgan fingerprint density at radius 1 is 1.43 bits per heavy atom. The van der Waals surface area contributed by atoms with E-state index in [1.165, 1.54) is 4.90 Å². The lowest BCUT2D eigenvalue weighted by atomic mass is 9.85. The van der Waals surface area contributed by atoms with Gasteiger partial charge in [-0.25, -0.2) is 8.42 Å². The van der Waals surface area contributed by atoms with Gasteiger partial charge in [-0.3, -0.25) is 10.3 Å². The topological polar surface area (TPSA) is 115 Å². The van der Waals surface area contributed by atoms with Gasteiger partial charge in [-0.15, -0.1) is 0 Å². The second-order valence-electron chi connectivity index (χ2n) is 6.88. The lowest BCUT2D eigenvalue weighted by Gasteiger charge is -2.45. The van der Waals surface area contributed by atoms with E-state index in [0.717, 1.165) is 18.2 Å². The molecule has 1 aromatic carbocycles. The maximum Gasteiger partial charge on any atom is 0.501 e. The standard InChI is InChI=1S/C16H17F3N4O4S/c1-15(2)13(24)12(23-6-5-21-14(23)22-8-20)10-7-9(3-4-11(10)27-15)28(25,26)16(17,18)19/h3-4,7,12-13,24H,5-6H2,1-2H3,(H,21,22). The third-order valence-corrected chi connectivity index (χ3v) is 6.16. The molecule has 2 N–H and O–H groups in total. The molecule has 152 valence electrons. The van der Waals surface area contributed by atoms with E-state index in [-0.39, 0.29) is 23.8 Å². The molecule has 0 aromatic heterocycles. The molecule has 3 rings (SSSR count). The molecule has 8 nitrogen and oxygen atoms in total. The highest BCUT2D eigenvalue weighted by molar-refractivity contribution is 7.92. The Balaban J connectivity index is 2.16. The largest absolute Gasteiger partial charge is 0.501 e. The van der Waals surface area contributed by atoms with E-state index < -0.39 is 38.0 Å². The van der Waals surface area contributed by atoms with Crippen LogP contribution in [0.3, 0.4) is 0 Å². The SMILES string of the molecule is CC1(C)Oc2ccc(S(=O)(=O)C(F)(F)F)cc2C(N2CCN=C2NC#N)C1O. The van der Waals surface area contributed by atoms with Crippen LogP contribution in [0.1, 0.15) is 25.5 Å². The molecule has 12 heteroatoms. The summed E-state index contributed by atoms with van der Waals surface area (Å²) in [7, 11) is -5.58. The first kappa shape index (κ1) is 20.2. The van der Waals surface area contributed by atoms with Crippen molar-refractivity contribution in [3.05, 3.63) is 23.8 Å². The van der Waals surface area contributed by atoms with Crippen LogP contribution in [0.2, 0.25) is 0 Å². The van der Waals surface area contributed by atoms with Gasteiger partial charge < -0.3 is 14.7 Å². The van der Waals surface area contributed by atoms with Crippen LogP contribution in [-0.4, -0.2) is 54.7 Å². The molecule has 0 aliphatic carbocycles. The quantitative estimate of drug-likeness (QED) is 0.549. The van der Waals surface area contributed by atoms with Gasteiger partial charge in [-0.1, -0.05) is 0 Å². The van der Waals surface area contributed by atoms with Crippen molar-refractivity contribution in [1.82, 2.24) is 10.2 Å². The lowest BCUT2D eigenvalue weighted by Crippen LogP contribution is -2.55. The van der Waals surface area contributed by atoms with Crippen LogP contribution in [0.25, 0.3) is 0 Å². The summed E-state index contributed by atoms with van der Waals surface area (Å²) >= 11 is 0. The number of aliphatic imine (C=N–C) groups is 1. The van der Waals surface area contributed by atoms with Gasteiger partial charge in [0.1, 0.15) is 17.5 Å². The molecule has 0 spiro atoms. The van der Waals surface area contributed by atoms with Crippen molar-refractivity contribution in [2.75, 3.05) is 13.1 Å². The molecule has 0 amide bonds. The Morgan fingerprint density at radius 3 is 2.71 bits per heavy atom.